The van der Waals surface area contributed by atoms with Crippen LogP contribution in [0.2, 0.25) is 5.02 Å². The highest BCUT2D eigenvalue weighted by Crippen LogP contribution is 2.36. The topological polar surface area (TPSA) is 88.9 Å². The quantitative estimate of drug-likeness (QED) is 0.579. The first-order valence-electron chi connectivity index (χ1n) is 5.69. The molecule has 0 bridgehead atoms. The van der Waals surface area contributed by atoms with Crippen molar-refractivity contribution < 1.29 is 9.90 Å². The Morgan fingerprint density at radius 2 is 2.00 bits per heavy atom. The van der Waals surface area contributed by atoms with Crippen LogP contribution in [0.1, 0.15) is 15.2 Å². The van der Waals surface area contributed by atoms with Gasteiger partial charge in [-0.15, -0.1) is 11.3 Å². The number of carboxylic acids is 1. The van der Waals surface area contributed by atoms with Gasteiger partial charge in [0.1, 0.15) is 21.1 Å². The number of halogens is 1. The molecule has 0 saturated carbocycles. The summed E-state index contributed by atoms with van der Waals surface area (Å²) in [6.45, 7) is 1.75. The maximum Gasteiger partial charge on any atom is 0.346 e. The summed E-state index contributed by atoms with van der Waals surface area (Å²) in [6.07, 6.45) is 4.40. The van der Waals surface area contributed by atoms with Crippen molar-refractivity contribution in [1.29, 1.82) is 0 Å². The number of hydrogen-bond donors (Lipinski definition) is 1. The van der Waals surface area contributed by atoms with Crippen molar-refractivity contribution in [2.24, 2.45) is 0 Å². The average Bonchev–Trinajstić information content (AvgIpc) is 2.80. The van der Waals surface area contributed by atoms with E-state index in [2.05, 4.69) is 19.9 Å². The van der Waals surface area contributed by atoms with Gasteiger partial charge in [-0.1, -0.05) is 11.6 Å². The van der Waals surface area contributed by atoms with Crippen LogP contribution in [0.15, 0.2) is 28.9 Å². The van der Waals surface area contributed by atoms with E-state index in [0.29, 0.717) is 25.6 Å². The van der Waals surface area contributed by atoms with Crippen LogP contribution in [0.5, 0.6) is 0 Å². The Labute approximate surface area is 132 Å². The molecule has 9 heteroatoms. The van der Waals surface area contributed by atoms with E-state index < -0.39 is 5.97 Å². The number of fused-ring (bicyclic) bond motifs is 1. The number of thiophene rings is 1. The highest BCUT2D eigenvalue weighted by Gasteiger charge is 2.19. The van der Waals surface area contributed by atoms with E-state index >= 15 is 0 Å². The summed E-state index contributed by atoms with van der Waals surface area (Å²) in [5.74, 6) is -0.964. The molecule has 0 aromatic carbocycles. The molecule has 3 rings (SSSR count). The number of carbonyl (C=O) groups is 1. The van der Waals surface area contributed by atoms with Crippen molar-refractivity contribution in [2.75, 3.05) is 0 Å². The van der Waals surface area contributed by atoms with E-state index in [4.69, 9.17) is 11.6 Å². The monoisotopic (exact) mass is 338 g/mol. The van der Waals surface area contributed by atoms with Crippen LogP contribution < -0.4 is 0 Å². The Morgan fingerprint density at radius 3 is 2.67 bits per heavy atom. The lowest BCUT2D eigenvalue weighted by Gasteiger charge is -2.01. The largest absolute Gasteiger partial charge is 0.477 e. The molecule has 0 radical (unpaired) electrons. The zero-order chi connectivity index (χ0) is 15.0. The Morgan fingerprint density at radius 1 is 1.29 bits per heavy atom. The van der Waals surface area contributed by atoms with Gasteiger partial charge in [0.05, 0.1) is 17.4 Å². The smallest absolute Gasteiger partial charge is 0.346 e. The van der Waals surface area contributed by atoms with Gasteiger partial charge in [0.25, 0.3) is 0 Å². The maximum absolute atomic E-state index is 11.2. The third-order valence-electron chi connectivity index (χ3n) is 2.67. The van der Waals surface area contributed by atoms with Crippen LogP contribution in [-0.4, -0.2) is 31.0 Å². The summed E-state index contributed by atoms with van der Waals surface area (Å²) < 4.78 is 0. The molecule has 21 heavy (non-hydrogen) atoms. The summed E-state index contributed by atoms with van der Waals surface area (Å²) in [5, 5.41) is 11.5. The Balaban J connectivity index is 2.10. The number of aromatic carboxylic acids is 1. The molecule has 3 heterocycles. The van der Waals surface area contributed by atoms with Gasteiger partial charge in [0.15, 0.2) is 5.16 Å². The zero-order valence-corrected chi connectivity index (χ0v) is 13.0. The fourth-order valence-corrected chi connectivity index (χ4v) is 3.75. The summed E-state index contributed by atoms with van der Waals surface area (Å²) in [7, 11) is 0. The SMILES string of the molecule is Cc1c(C(=O)O)sc2ncnc(Sc3ncc(Cl)cn3)c12. The molecular formula is C12H7ClN4O2S2. The number of aromatic nitrogens is 4. The second kappa shape index (κ2) is 5.55. The molecule has 0 saturated heterocycles. The summed E-state index contributed by atoms with van der Waals surface area (Å²) in [6, 6.07) is 0. The van der Waals surface area contributed by atoms with Crippen molar-refractivity contribution in [2.45, 2.75) is 17.1 Å². The molecule has 0 aliphatic carbocycles. The normalized spacial score (nSPS) is 11.0. The molecule has 3 aromatic rings. The van der Waals surface area contributed by atoms with E-state index in [-0.39, 0.29) is 4.88 Å². The van der Waals surface area contributed by atoms with Gasteiger partial charge >= 0.3 is 5.97 Å². The lowest BCUT2D eigenvalue weighted by molar-refractivity contribution is 0.0701. The highest BCUT2D eigenvalue weighted by atomic mass is 35.5. The molecule has 0 aliphatic rings. The lowest BCUT2D eigenvalue weighted by atomic mass is 10.2. The molecule has 0 fully saturated rings. The van der Waals surface area contributed by atoms with Crippen molar-refractivity contribution in [3.05, 3.63) is 34.2 Å². The Bertz CT molecular complexity index is 835. The van der Waals surface area contributed by atoms with Gasteiger partial charge < -0.3 is 5.11 Å². The molecule has 0 amide bonds. The first-order chi connectivity index (χ1) is 10.1. The number of hydrogen-bond acceptors (Lipinski definition) is 7. The van der Waals surface area contributed by atoms with E-state index in [9.17, 15) is 9.90 Å². The zero-order valence-electron chi connectivity index (χ0n) is 10.6. The van der Waals surface area contributed by atoms with Crippen LogP contribution >= 0.6 is 34.7 Å². The van der Waals surface area contributed by atoms with Gasteiger partial charge in [-0.25, -0.2) is 24.7 Å². The fourth-order valence-electron chi connectivity index (χ4n) is 1.76. The van der Waals surface area contributed by atoms with Crippen LogP contribution in [0, 0.1) is 6.92 Å². The molecule has 106 valence electrons. The van der Waals surface area contributed by atoms with Crippen LogP contribution in [-0.2, 0) is 0 Å². The van der Waals surface area contributed by atoms with Gasteiger partial charge in [-0.05, 0) is 24.2 Å². The standard InChI is InChI=1S/C12H7ClN4O2S2/c1-5-7-9(20-8(5)11(18)19)16-4-17-10(7)21-12-14-2-6(13)3-15-12/h2-4H,1H3,(H,18,19). The van der Waals surface area contributed by atoms with E-state index in [1.54, 1.807) is 6.92 Å². The van der Waals surface area contributed by atoms with Crippen molar-refractivity contribution in [3.63, 3.8) is 0 Å². The molecule has 3 aromatic heterocycles. The third kappa shape index (κ3) is 2.69. The molecular weight excluding hydrogens is 332 g/mol. The summed E-state index contributed by atoms with van der Waals surface area (Å²) >= 11 is 8.13. The number of nitrogens with zero attached hydrogens (tertiary/aromatic N) is 4. The molecule has 0 aliphatic heterocycles. The molecule has 0 unspecified atom stereocenters. The van der Waals surface area contributed by atoms with E-state index in [1.807, 2.05) is 0 Å². The van der Waals surface area contributed by atoms with Gasteiger partial charge in [0, 0.05) is 5.39 Å². The molecule has 0 spiro atoms. The van der Waals surface area contributed by atoms with Gasteiger partial charge in [-0.3, -0.25) is 0 Å². The summed E-state index contributed by atoms with van der Waals surface area (Å²) in [4.78, 5) is 28.7. The minimum atomic E-state index is -0.964. The maximum atomic E-state index is 11.2. The predicted molar refractivity (Wildman–Crippen MR) is 80.3 cm³/mol. The Kier molecular flexibility index (Phi) is 3.75. The first-order valence-corrected chi connectivity index (χ1v) is 7.70. The fraction of sp³-hybridized carbons (Fsp3) is 0.0833. The minimum Gasteiger partial charge on any atom is -0.477 e. The van der Waals surface area contributed by atoms with Crippen molar-refractivity contribution >= 4 is 50.9 Å². The average molecular weight is 339 g/mol. The van der Waals surface area contributed by atoms with Gasteiger partial charge in [0.2, 0.25) is 0 Å². The molecule has 0 atom stereocenters. The predicted octanol–water partition coefficient (Wildman–Crippen LogP) is 3.29. The second-order valence-electron chi connectivity index (χ2n) is 4.01. The Hall–Kier alpha value is -1.77. The van der Waals surface area contributed by atoms with Crippen LogP contribution in [0.25, 0.3) is 10.2 Å². The number of rotatable bonds is 3. The summed E-state index contributed by atoms with van der Waals surface area (Å²) in [5.41, 5.74) is 0.652. The van der Waals surface area contributed by atoms with Crippen molar-refractivity contribution in [3.8, 4) is 0 Å². The van der Waals surface area contributed by atoms with Gasteiger partial charge in [-0.2, -0.15) is 0 Å². The van der Waals surface area contributed by atoms with Crippen molar-refractivity contribution in [1.82, 2.24) is 19.9 Å². The highest BCUT2D eigenvalue weighted by molar-refractivity contribution is 7.99. The van der Waals surface area contributed by atoms with E-state index in [1.165, 1.54) is 30.5 Å². The number of carboxylic acid groups (broad SMARTS) is 1. The molecule has 6 nitrogen and oxygen atoms in total. The number of aryl methyl sites for hydroxylation is 1. The first kappa shape index (κ1) is 14.2. The van der Waals surface area contributed by atoms with Crippen LogP contribution in [0.4, 0.5) is 0 Å². The van der Waals surface area contributed by atoms with E-state index in [0.717, 1.165) is 16.7 Å². The minimum absolute atomic E-state index is 0.268. The lowest BCUT2D eigenvalue weighted by Crippen LogP contribution is -1.94. The molecule has 1 N–H and O–H groups in total. The second-order valence-corrected chi connectivity index (χ2v) is 6.40. The third-order valence-corrected chi connectivity index (χ3v) is 4.95. The van der Waals surface area contributed by atoms with Crippen LogP contribution in [0.3, 0.4) is 0 Å².